The second-order valence-electron chi connectivity index (χ2n) is 6.36. The van der Waals surface area contributed by atoms with Gasteiger partial charge in [-0.1, -0.05) is 26.5 Å². The van der Waals surface area contributed by atoms with Gasteiger partial charge in [-0.25, -0.2) is 0 Å². The average molecular weight is 324 g/mol. The van der Waals surface area contributed by atoms with Gasteiger partial charge in [-0.2, -0.15) is 13.2 Å². The second kappa shape index (κ2) is 6.48. The van der Waals surface area contributed by atoms with Gasteiger partial charge in [-0.3, -0.25) is 4.98 Å². The molecule has 0 amide bonds. The number of likely N-dealkylation sites (tertiary alicyclic amines) is 1. The third kappa shape index (κ3) is 3.50. The molecule has 1 aliphatic rings. The lowest BCUT2D eigenvalue weighted by atomic mass is 9.83. The van der Waals surface area contributed by atoms with Crippen LogP contribution in [0.25, 0.3) is 10.9 Å². The predicted molar refractivity (Wildman–Crippen MR) is 87.5 cm³/mol. The van der Waals surface area contributed by atoms with E-state index in [2.05, 4.69) is 23.9 Å². The quantitative estimate of drug-likeness (QED) is 0.738. The number of benzene rings is 1. The number of piperidine rings is 1. The summed E-state index contributed by atoms with van der Waals surface area (Å²) in [6, 6.07) is 6.29. The predicted octanol–water partition coefficient (Wildman–Crippen LogP) is 4.94. The second-order valence-corrected chi connectivity index (χ2v) is 6.36. The van der Waals surface area contributed by atoms with Crippen molar-refractivity contribution >= 4 is 10.9 Å². The Hall–Kier alpha value is -1.62. The highest BCUT2D eigenvalue weighted by molar-refractivity contribution is 5.86. The summed E-state index contributed by atoms with van der Waals surface area (Å²) in [5.41, 5.74) is 0.395. The first-order valence-electron chi connectivity index (χ1n) is 7.49. The van der Waals surface area contributed by atoms with Gasteiger partial charge in [0.2, 0.25) is 0 Å². The Kier molecular flexibility index (Phi) is 4.99. The van der Waals surface area contributed by atoms with Crippen molar-refractivity contribution in [3.8, 4) is 0 Å². The van der Waals surface area contributed by atoms with Crippen LogP contribution >= 0.6 is 0 Å². The Morgan fingerprint density at radius 2 is 1.91 bits per heavy atom. The molecule has 0 aliphatic carbocycles. The Bertz CT molecular complexity index is 672. The van der Waals surface area contributed by atoms with Gasteiger partial charge in [0.1, 0.15) is 0 Å². The summed E-state index contributed by atoms with van der Waals surface area (Å²) >= 11 is 0. The van der Waals surface area contributed by atoms with Crippen LogP contribution in [0.1, 0.15) is 37.8 Å². The average Bonchev–Trinajstić information content (AvgIpc) is 2.44. The summed E-state index contributed by atoms with van der Waals surface area (Å²) in [5, 5.41) is 0.629. The van der Waals surface area contributed by atoms with Crippen LogP contribution in [-0.2, 0) is 6.18 Å². The van der Waals surface area contributed by atoms with Gasteiger partial charge in [0, 0.05) is 24.7 Å². The minimum Gasteiger partial charge on any atom is -0.305 e. The number of halogens is 3. The molecule has 0 radical (unpaired) electrons. The largest absolute Gasteiger partial charge is 0.418 e. The molecule has 2 nitrogen and oxygen atoms in total. The van der Waals surface area contributed by atoms with Crippen molar-refractivity contribution < 1.29 is 13.2 Å². The zero-order valence-electron chi connectivity index (χ0n) is 12.7. The third-order valence-corrected chi connectivity index (χ3v) is 4.39. The normalized spacial score (nSPS) is 22.8. The summed E-state index contributed by atoms with van der Waals surface area (Å²) in [6.45, 7) is 4.10. The molecule has 1 fully saturated rings. The summed E-state index contributed by atoms with van der Waals surface area (Å²) in [4.78, 5) is 6.26. The van der Waals surface area contributed by atoms with E-state index < -0.39 is 11.7 Å². The summed E-state index contributed by atoms with van der Waals surface area (Å²) in [6.07, 6.45) is -1.95. The maximum absolute atomic E-state index is 13.2. The number of likely N-dealkylation sites (N-methyl/N-ethyl adjacent to an activating group) is 1. The van der Waals surface area contributed by atoms with Crippen LogP contribution in [0.15, 0.2) is 30.5 Å². The zero-order valence-corrected chi connectivity index (χ0v) is 12.7. The summed E-state index contributed by atoms with van der Waals surface area (Å²) < 4.78 is 39.5. The lowest BCUT2D eigenvalue weighted by Gasteiger charge is -2.34. The van der Waals surface area contributed by atoms with Crippen molar-refractivity contribution in [3.63, 3.8) is 0 Å². The van der Waals surface area contributed by atoms with E-state index in [1.54, 1.807) is 18.2 Å². The molecule has 1 aromatic heterocycles. The lowest BCUT2D eigenvalue weighted by molar-refractivity contribution is -0.136. The first-order chi connectivity index (χ1) is 10.4. The van der Waals surface area contributed by atoms with Crippen LogP contribution in [0.5, 0.6) is 0 Å². The van der Waals surface area contributed by atoms with E-state index in [1.165, 1.54) is 12.3 Å². The van der Waals surface area contributed by atoms with E-state index in [4.69, 9.17) is 0 Å². The molecular weight excluding hydrogens is 301 g/mol. The molecule has 2 atom stereocenters. The topological polar surface area (TPSA) is 16.1 Å². The smallest absolute Gasteiger partial charge is 0.305 e. The van der Waals surface area contributed by atoms with E-state index in [1.807, 2.05) is 0 Å². The van der Waals surface area contributed by atoms with Crippen molar-refractivity contribution in [1.82, 2.24) is 9.88 Å². The molecule has 0 unspecified atom stereocenters. The minimum absolute atomic E-state index is 0. The fourth-order valence-electron chi connectivity index (χ4n) is 3.62. The molecule has 0 spiro atoms. The Morgan fingerprint density at radius 3 is 2.57 bits per heavy atom. The Balaban J connectivity index is 0.00000192. The molecule has 1 aliphatic heterocycles. The number of hydrogen-bond acceptors (Lipinski definition) is 2. The number of aromatic nitrogens is 1. The van der Waals surface area contributed by atoms with Crippen molar-refractivity contribution in [2.24, 2.45) is 5.92 Å². The molecule has 0 bridgehead atoms. The molecule has 23 heavy (non-hydrogen) atoms. The fourth-order valence-corrected chi connectivity index (χ4v) is 3.62. The molecule has 0 N–H and O–H groups in total. The van der Waals surface area contributed by atoms with Gasteiger partial charge in [-0.05, 0) is 43.0 Å². The number of nitrogens with zero attached hydrogens (tertiary/aromatic N) is 2. The van der Waals surface area contributed by atoms with E-state index in [9.17, 15) is 13.2 Å². The van der Waals surface area contributed by atoms with Gasteiger partial charge in [0.15, 0.2) is 0 Å². The van der Waals surface area contributed by atoms with Crippen molar-refractivity contribution in [3.05, 3.63) is 41.6 Å². The number of fused-ring (bicyclic) bond motifs is 1. The number of alkyl halides is 3. The molecule has 1 aromatic carbocycles. The van der Waals surface area contributed by atoms with Crippen LogP contribution in [0.4, 0.5) is 13.2 Å². The molecule has 3 rings (SSSR count). The van der Waals surface area contributed by atoms with Gasteiger partial charge < -0.3 is 4.90 Å². The van der Waals surface area contributed by atoms with E-state index in [0.717, 1.165) is 25.1 Å². The zero-order chi connectivity index (χ0) is 15.9. The molecule has 0 saturated carbocycles. The third-order valence-electron chi connectivity index (χ3n) is 4.39. The van der Waals surface area contributed by atoms with Crippen LogP contribution in [0.2, 0.25) is 0 Å². The highest BCUT2D eigenvalue weighted by Gasteiger charge is 2.34. The van der Waals surface area contributed by atoms with Gasteiger partial charge in [0.25, 0.3) is 0 Å². The SMILES string of the molecule is C.C[C@@H]1C[C@H](c2ccc(C(F)(F)F)c3ncccc23)CN(C)C1. The number of hydrogen-bond donors (Lipinski definition) is 0. The van der Waals surface area contributed by atoms with E-state index in [-0.39, 0.29) is 18.9 Å². The van der Waals surface area contributed by atoms with Crippen molar-refractivity contribution in [2.75, 3.05) is 20.1 Å². The van der Waals surface area contributed by atoms with Crippen LogP contribution in [0.3, 0.4) is 0 Å². The van der Waals surface area contributed by atoms with Crippen molar-refractivity contribution in [1.29, 1.82) is 0 Å². The number of pyridine rings is 1. The maximum atomic E-state index is 13.2. The van der Waals surface area contributed by atoms with Gasteiger partial charge in [-0.15, -0.1) is 0 Å². The highest BCUT2D eigenvalue weighted by Crippen LogP contribution is 2.39. The maximum Gasteiger partial charge on any atom is 0.418 e. The number of rotatable bonds is 1. The van der Waals surface area contributed by atoms with E-state index in [0.29, 0.717) is 11.3 Å². The monoisotopic (exact) mass is 324 g/mol. The van der Waals surface area contributed by atoms with Crippen molar-refractivity contribution in [2.45, 2.75) is 32.9 Å². The molecule has 2 heterocycles. The van der Waals surface area contributed by atoms with E-state index >= 15 is 0 Å². The lowest BCUT2D eigenvalue weighted by Crippen LogP contribution is -2.35. The summed E-state index contributed by atoms with van der Waals surface area (Å²) in [7, 11) is 2.06. The molecule has 1 saturated heterocycles. The molecule has 126 valence electrons. The van der Waals surface area contributed by atoms with Gasteiger partial charge >= 0.3 is 6.18 Å². The molecular formula is C18H23F3N2. The molecule has 5 heteroatoms. The van der Waals surface area contributed by atoms with Gasteiger partial charge in [0.05, 0.1) is 11.1 Å². The first kappa shape index (κ1) is 17.7. The first-order valence-corrected chi connectivity index (χ1v) is 7.49. The highest BCUT2D eigenvalue weighted by atomic mass is 19.4. The minimum atomic E-state index is -4.37. The Morgan fingerprint density at radius 1 is 1.17 bits per heavy atom. The fraction of sp³-hybridized carbons (Fsp3) is 0.500. The summed E-state index contributed by atoms with van der Waals surface area (Å²) in [5.74, 6) is 0.792. The van der Waals surface area contributed by atoms with Crippen LogP contribution in [0, 0.1) is 5.92 Å². The van der Waals surface area contributed by atoms with Crippen LogP contribution < -0.4 is 0 Å². The molecule has 2 aromatic rings. The van der Waals surface area contributed by atoms with Crippen LogP contribution in [-0.4, -0.2) is 30.0 Å². The Labute approximate surface area is 135 Å². The standard InChI is InChI=1S/C17H19F3N2.CH4/c1-11-8-12(10-22(2)9-11)13-5-6-15(17(18,19)20)16-14(13)4-3-7-21-16;/h3-7,11-12H,8-10H2,1-2H3;1H4/t11-,12+;/m1./s1.